The molecule has 1 heterocycles. The van der Waals surface area contributed by atoms with Gasteiger partial charge in [0.05, 0.1) is 0 Å². The first-order chi connectivity index (χ1) is 10.2. The first-order valence-electron chi connectivity index (χ1n) is 8.42. The summed E-state index contributed by atoms with van der Waals surface area (Å²) >= 11 is 0. The van der Waals surface area contributed by atoms with E-state index in [0.29, 0.717) is 5.92 Å². The molecule has 1 atom stereocenters. The van der Waals surface area contributed by atoms with Crippen LogP contribution in [0, 0.1) is 5.92 Å². The lowest BCUT2D eigenvalue weighted by atomic mass is 9.84. The number of hydrogen-bond acceptors (Lipinski definition) is 2. The normalized spacial score (nSPS) is 20.2. The number of carbonyl (C=O) groups is 1. The third-order valence-corrected chi connectivity index (χ3v) is 5.02. The molecule has 0 aromatic heterocycles. The molecule has 1 aromatic carbocycles. The summed E-state index contributed by atoms with van der Waals surface area (Å²) in [6, 6.07) is 6.34. The second kappa shape index (κ2) is 6.50. The van der Waals surface area contributed by atoms with Crippen molar-refractivity contribution in [3.63, 3.8) is 0 Å². The molecule has 0 spiro atoms. The van der Waals surface area contributed by atoms with Crippen LogP contribution in [0.4, 0.5) is 5.69 Å². The Bertz CT molecular complexity index is 506. The van der Waals surface area contributed by atoms with Crippen LogP contribution in [0.15, 0.2) is 18.2 Å². The van der Waals surface area contributed by atoms with Gasteiger partial charge in [-0.2, -0.15) is 0 Å². The van der Waals surface area contributed by atoms with Gasteiger partial charge in [-0.3, -0.25) is 4.79 Å². The molecular formula is C18H26N2O. The van der Waals surface area contributed by atoms with Gasteiger partial charge in [0.15, 0.2) is 0 Å². The zero-order valence-corrected chi connectivity index (χ0v) is 13.0. The summed E-state index contributed by atoms with van der Waals surface area (Å²) in [4.78, 5) is 12.5. The molecule has 1 fully saturated rings. The van der Waals surface area contributed by atoms with Gasteiger partial charge in [-0.15, -0.1) is 0 Å². The SMILES string of the molecule is C[C@@H](NC(=O)c1ccc2c(c1)CCCN2)C1CCCCC1. The topological polar surface area (TPSA) is 41.1 Å². The minimum absolute atomic E-state index is 0.0847. The monoisotopic (exact) mass is 286 g/mol. The summed E-state index contributed by atoms with van der Waals surface area (Å²) < 4.78 is 0. The smallest absolute Gasteiger partial charge is 0.251 e. The molecule has 3 rings (SSSR count). The van der Waals surface area contributed by atoms with Crippen LogP contribution in [0.25, 0.3) is 0 Å². The van der Waals surface area contributed by atoms with E-state index in [2.05, 4.69) is 29.7 Å². The van der Waals surface area contributed by atoms with Gasteiger partial charge in [-0.05, 0) is 62.3 Å². The van der Waals surface area contributed by atoms with Gasteiger partial charge in [0.2, 0.25) is 0 Å². The molecule has 3 heteroatoms. The van der Waals surface area contributed by atoms with Gasteiger partial charge in [-0.25, -0.2) is 0 Å². The Morgan fingerprint density at radius 3 is 2.86 bits per heavy atom. The number of anilines is 1. The Morgan fingerprint density at radius 1 is 1.24 bits per heavy atom. The number of hydrogen-bond donors (Lipinski definition) is 2. The fraction of sp³-hybridized carbons (Fsp3) is 0.611. The second-order valence-corrected chi connectivity index (χ2v) is 6.56. The van der Waals surface area contributed by atoms with E-state index in [9.17, 15) is 4.79 Å². The summed E-state index contributed by atoms with van der Waals surface area (Å²) in [6.45, 7) is 3.20. The third-order valence-electron chi connectivity index (χ3n) is 5.02. The van der Waals surface area contributed by atoms with Crippen LogP contribution < -0.4 is 10.6 Å². The molecule has 0 radical (unpaired) electrons. The molecule has 114 valence electrons. The number of rotatable bonds is 3. The lowest BCUT2D eigenvalue weighted by molar-refractivity contribution is 0.0919. The van der Waals surface area contributed by atoms with Crippen molar-refractivity contribution in [2.75, 3.05) is 11.9 Å². The summed E-state index contributed by atoms with van der Waals surface area (Å²) in [5.74, 6) is 0.739. The average molecular weight is 286 g/mol. The molecule has 1 aliphatic carbocycles. The Morgan fingerprint density at radius 2 is 2.05 bits per heavy atom. The zero-order chi connectivity index (χ0) is 14.7. The van der Waals surface area contributed by atoms with Gasteiger partial charge in [-0.1, -0.05) is 19.3 Å². The maximum Gasteiger partial charge on any atom is 0.251 e. The van der Waals surface area contributed by atoms with Crippen LogP contribution >= 0.6 is 0 Å². The van der Waals surface area contributed by atoms with Gasteiger partial charge in [0, 0.05) is 23.8 Å². The number of aryl methyl sites for hydroxylation is 1. The van der Waals surface area contributed by atoms with Crippen molar-refractivity contribution in [1.82, 2.24) is 5.32 Å². The van der Waals surface area contributed by atoms with Crippen molar-refractivity contribution < 1.29 is 4.79 Å². The molecular weight excluding hydrogens is 260 g/mol. The van der Waals surface area contributed by atoms with Crippen LogP contribution in [0.1, 0.15) is 61.4 Å². The van der Waals surface area contributed by atoms with Crippen molar-refractivity contribution in [1.29, 1.82) is 0 Å². The number of amides is 1. The van der Waals surface area contributed by atoms with Crippen LogP contribution in [0.2, 0.25) is 0 Å². The van der Waals surface area contributed by atoms with Gasteiger partial charge < -0.3 is 10.6 Å². The molecule has 0 unspecified atom stereocenters. The molecule has 1 aromatic rings. The lowest BCUT2D eigenvalue weighted by Gasteiger charge is -2.28. The molecule has 21 heavy (non-hydrogen) atoms. The standard InChI is InChI=1S/C18H26N2O/c1-13(14-6-3-2-4-7-14)20-18(21)16-9-10-17-15(12-16)8-5-11-19-17/h9-10,12-14,19H,2-8,11H2,1H3,(H,20,21)/t13-/m1/s1. The molecule has 3 nitrogen and oxygen atoms in total. The van der Waals surface area contributed by atoms with E-state index in [0.717, 1.165) is 24.9 Å². The first-order valence-corrected chi connectivity index (χ1v) is 8.42. The minimum Gasteiger partial charge on any atom is -0.385 e. The highest BCUT2D eigenvalue weighted by atomic mass is 16.1. The van der Waals surface area contributed by atoms with Crippen molar-refractivity contribution in [2.24, 2.45) is 5.92 Å². The average Bonchev–Trinajstić information content (AvgIpc) is 2.55. The van der Waals surface area contributed by atoms with Crippen molar-refractivity contribution in [3.05, 3.63) is 29.3 Å². The summed E-state index contributed by atoms with van der Waals surface area (Å²) in [6.07, 6.45) is 8.73. The number of benzene rings is 1. The largest absolute Gasteiger partial charge is 0.385 e. The van der Waals surface area contributed by atoms with Crippen molar-refractivity contribution >= 4 is 11.6 Å². The van der Waals surface area contributed by atoms with Gasteiger partial charge >= 0.3 is 0 Å². The van der Waals surface area contributed by atoms with Gasteiger partial charge in [0.25, 0.3) is 5.91 Å². The Kier molecular flexibility index (Phi) is 4.47. The molecule has 2 aliphatic rings. The second-order valence-electron chi connectivity index (χ2n) is 6.56. The van der Waals surface area contributed by atoms with Crippen molar-refractivity contribution in [2.45, 2.75) is 57.9 Å². The zero-order valence-electron chi connectivity index (χ0n) is 13.0. The minimum atomic E-state index is 0.0847. The van der Waals surface area contributed by atoms with Crippen molar-refractivity contribution in [3.8, 4) is 0 Å². The summed E-state index contributed by atoms with van der Waals surface area (Å²) in [5.41, 5.74) is 3.28. The summed E-state index contributed by atoms with van der Waals surface area (Å²) in [5, 5.41) is 6.60. The third kappa shape index (κ3) is 3.39. The van der Waals surface area contributed by atoms with E-state index in [-0.39, 0.29) is 11.9 Å². The number of nitrogens with one attached hydrogen (secondary N) is 2. The number of fused-ring (bicyclic) bond motifs is 1. The van der Waals surface area contributed by atoms with E-state index < -0.39 is 0 Å². The predicted molar refractivity (Wildman–Crippen MR) is 86.8 cm³/mol. The van der Waals surface area contributed by atoms with E-state index in [4.69, 9.17) is 0 Å². The van der Waals surface area contributed by atoms with Crippen LogP contribution in [-0.2, 0) is 6.42 Å². The van der Waals surface area contributed by atoms with Gasteiger partial charge in [0.1, 0.15) is 0 Å². The maximum absolute atomic E-state index is 12.5. The van der Waals surface area contributed by atoms with E-state index in [1.54, 1.807) is 0 Å². The molecule has 2 N–H and O–H groups in total. The van der Waals surface area contributed by atoms with Crippen LogP contribution in [-0.4, -0.2) is 18.5 Å². The van der Waals surface area contributed by atoms with E-state index >= 15 is 0 Å². The molecule has 0 bridgehead atoms. The maximum atomic E-state index is 12.5. The molecule has 1 saturated carbocycles. The van der Waals surface area contributed by atoms with E-state index in [1.807, 2.05) is 6.07 Å². The Labute approximate surface area is 127 Å². The first kappa shape index (κ1) is 14.4. The summed E-state index contributed by atoms with van der Waals surface area (Å²) in [7, 11) is 0. The quantitative estimate of drug-likeness (QED) is 0.888. The van der Waals surface area contributed by atoms with E-state index in [1.165, 1.54) is 43.4 Å². The highest BCUT2D eigenvalue weighted by molar-refractivity contribution is 5.95. The Hall–Kier alpha value is -1.51. The molecule has 1 aliphatic heterocycles. The fourth-order valence-corrected chi connectivity index (χ4v) is 3.66. The predicted octanol–water partition coefficient (Wildman–Crippen LogP) is 3.74. The molecule has 0 saturated heterocycles. The fourth-order valence-electron chi connectivity index (χ4n) is 3.66. The highest BCUT2D eigenvalue weighted by Gasteiger charge is 2.22. The van der Waals surface area contributed by atoms with Crippen LogP contribution in [0.3, 0.4) is 0 Å². The lowest BCUT2D eigenvalue weighted by Crippen LogP contribution is -2.38. The Balaban J connectivity index is 1.64. The number of carbonyl (C=O) groups excluding carboxylic acids is 1. The van der Waals surface area contributed by atoms with Crippen LogP contribution in [0.5, 0.6) is 0 Å². The highest BCUT2D eigenvalue weighted by Crippen LogP contribution is 2.27. The molecule has 1 amide bonds.